The minimum atomic E-state index is 0.104. The molecular weight excluding hydrogens is 260 g/mol. The zero-order chi connectivity index (χ0) is 13.7. The summed E-state index contributed by atoms with van der Waals surface area (Å²) >= 11 is 5.87. The SMILES string of the molecule is NNC(Cc1ccc(Cl)cc1)Cc1cccnc1N. The van der Waals surface area contributed by atoms with Crippen LogP contribution in [0.15, 0.2) is 42.6 Å². The van der Waals surface area contributed by atoms with Crippen LogP contribution in [0.2, 0.25) is 5.02 Å². The summed E-state index contributed by atoms with van der Waals surface area (Å²) in [4.78, 5) is 4.08. The summed E-state index contributed by atoms with van der Waals surface area (Å²) in [6.45, 7) is 0. The van der Waals surface area contributed by atoms with Gasteiger partial charge in [0.1, 0.15) is 5.82 Å². The normalized spacial score (nSPS) is 12.3. The third-order valence-corrected chi connectivity index (χ3v) is 3.28. The van der Waals surface area contributed by atoms with Gasteiger partial charge < -0.3 is 5.73 Å². The molecule has 0 saturated carbocycles. The van der Waals surface area contributed by atoms with E-state index in [1.54, 1.807) is 6.20 Å². The van der Waals surface area contributed by atoms with Crippen molar-refractivity contribution in [1.29, 1.82) is 0 Å². The number of nitrogens with one attached hydrogen (secondary N) is 1. The van der Waals surface area contributed by atoms with Gasteiger partial charge in [0.25, 0.3) is 0 Å². The molecule has 2 aromatic rings. The predicted octanol–water partition coefficient (Wildman–Crippen LogP) is 1.93. The minimum absolute atomic E-state index is 0.104. The number of hydrogen-bond donors (Lipinski definition) is 3. The number of benzene rings is 1. The van der Waals surface area contributed by atoms with E-state index in [1.807, 2.05) is 36.4 Å². The number of halogens is 1. The number of nitrogens with zero attached hydrogens (tertiary/aromatic N) is 1. The number of pyridine rings is 1. The quantitative estimate of drug-likeness (QED) is 0.576. The summed E-state index contributed by atoms with van der Waals surface area (Å²) in [5.74, 6) is 6.17. The van der Waals surface area contributed by atoms with Crippen molar-refractivity contribution in [2.45, 2.75) is 18.9 Å². The van der Waals surface area contributed by atoms with Gasteiger partial charge in [0.05, 0.1) is 0 Å². The molecule has 1 aromatic carbocycles. The lowest BCUT2D eigenvalue weighted by atomic mass is 10.00. The lowest BCUT2D eigenvalue weighted by Gasteiger charge is -2.16. The lowest BCUT2D eigenvalue weighted by Crippen LogP contribution is -2.38. The second-order valence-corrected chi connectivity index (χ2v) is 4.88. The lowest BCUT2D eigenvalue weighted by molar-refractivity contribution is 0.522. The van der Waals surface area contributed by atoms with Crippen LogP contribution in [0, 0.1) is 0 Å². The molecule has 0 spiro atoms. The summed E-state index contributed by atoms with van der Waals surface area (Å²) < 4.78 is 0. The van der Waals surface area contributed by atoms with Gasteiger partial charge in [-0.2, -0.15) is 0 Å². The predicted molar refractivity (Wildman–Crippen MR) is 78.6 cm³/mol. The first-order valence-electron chi connectivity index (χ1n) is 6.09. The Morgan fingerprint density at radius 3 is 2.53 bits per heavy atom. The molecule has 0 aliphatic rings. The van der Waals surface area contributed by atoms with Crippen LogP contribution in [-0.2, 0) is 12.8 Å². The van der Waals surface area contributed by atoms with Crippen LogP contribution in [0.5, 0.6) is 0 Å². The Morgan fingerprint density at radius 2 is 1.89 bits per heavy atom. The van der Waals surface area contributed by atoms with E-state index in [4.69, 9.17) is 23.2 Å². The minimum Gasteiger partial charge on any atom is -0.383 e. The molecule has 19 heavy (non-hydrogen) atoms. The van der Waals surface area contributed by atoms with E-state index < -0.39 is 0 Å². The van der Waals surface area contributed by atoms with Crippen LogP contribution >= 0.6 is 11.6 Å². The Balaban J connectivity index is 2.05. The molecule has 1 aromatic heterocycles. The molecule has 4 nitrogen and oxygen atoms in total. The third kappa shape index (κ3) is 3.92. The number of hydrazine groups is 1. The number of anilines is 1. The Morgan fingerprint density at radius 1 is 1.16 bits per heavy atom. The number of nitrogens with two attached hydrogens (primary N) is 2. The van der Waals surface area contributed by atoms with Gasteiger partial charge in [-0.15, -0.1) is 0 Å². The molecule has 1 atom stereocenters. The molecule has 5 heteroatoms. The van der Waals surface area contributed by atoms with Crippen molar-refractivity contribution < 1.29 is 0 Å². The highest BCUT2D eigenvalue weighted by molar-refractivity contribution is 6.30. The van der Waals surface area contributed by atoms with Crippen LogP contribution in [0.25, 0.3) is 0 Å². The molecule has 0 bridgehead atoms. The maximum atomic E-state index is 5.87. The molecule has 100 valence electrons. The zero-order valence-corrected chi connectivity index (χ0v) is 11.3. The maximum absolute atomic E-state index is 5.87. The molecule has 2 rings (SSSR count). The molecule has 0 fully saturated rings. The van der Waals surface area contributed by atoms with E-state index in [0.717, 1.165) is 23.4 Å². The van der Waals surface area contributed by atoms with E-state index in [1.165, 1.54) is 5.56 Å². The Kier molecular flexibility index (Phi) is 4.74. The van der Waals surface area contributed by atoms with Gasteiger partial charge in [-0.1, -0.05) is 29.8 Å². The maximum Gasteiger partial charge on any atom is 0.126 e. The molecular formula is C14H17ClN4. The highest BCUT2D eigenvalue weighted by Crippen LogP contribution is 2.14. The highest BCUT2D eigenvalue weighted by Gasteiger charge is 2.11. The van der Waals surface area contributed by atoms with E-state index in [-0.39, 0.29) is 6.04 Å². The monoisotopic (exact) mass is 276 g/mol. The van der Waals surface area contributed by atoms with E-state index in [9.17, 15) is 0 Å². The first kappa shape index (κ1) is 13.8. The van der Waals surface area contributed by atoms with Gasteiger partial charge in [-0.05, 0) is 42.2 Å². The topological polar surface area (TPSA) is 77.0 Å². The third-order valence-electron chi connectivity index (χ3n) is 3.02. The van der Waals surface area contributed by atoms with Crippen molar-refractivity contribution in [3.63, 3.8) is 0 Å². The van der Waals surface area contributed by atoms with Crippen molar-refractivity contribution >= 4 is 17.4 Å². The Labute approximate surface area is 117 Å². The van der Waals surface area contributed by atoms with Crippen LogP contribution < -0.4 is 17.0 Å². The van der Waals surface area contributed by atoms with E-state index >= 15 is 0 Å². The Hall–Kier alpha value is -1.62. The number of nitrogen functional groups attached to an aromatic ring is 1. The second-order valence-electron chi connectivity index (χ2n) is 4.45. The standard InChI is InChI=1S/C14H17ClN4/c15-12-5-3-10(4-6-12)8-13(19-17)9-11-2-1-7-18-14(11)16/h1-7,13,19H,8-9,17H2,(H2,16,18). The van der Waals surface area contributed by atoms with E-state index in [0.29, 0.717) is 5.82 Å². The van der Waals surface area contributed by atoms with Crippen molar-refractivity contribution in [2.24, 2.45) is 5.84 Å². The average Bonchev–Trinajstić information content (AvgIpc) is 2.43. The summed E-state index contributed by atoms with van der Waals surface area (Å²) in [6, 6.07) is 11.7. The average molecular weight is 277 g/mol. The van der Waals surface area contributed by atoms with Crippen molar-refractivity contribution in [3.8, 4) is 0 Å². The van der Waals surface area contributed by atoms with Crippen molar-refractivity contribution in [1.82, 2.24) is 10.4 Å². The van der Waals surface area contributed by atoms with Crippen molar-refractivity contribution in [3.05, 3.63) is 58.7 Å². The number of hydrogen-bond acceptors (Lipinski definition) is 4. The van der Waals surface area contributed by atoms with Gasteiger partial charge in [-0.25, -0.2) is 4.98 Å². The molecule has 1 unspecified atom stereocenters. The van der Waals surface area contributed by atoms with E-state index in [2.05, 4.69) is 10.4 Å². The molecule has 0 aliphatic carbocycles. The van der Waals surface area contributed by atoms with Gasteiger partial charge in [0.2, 0.25) is 0 Å². The fraction of sp³-hybridized carbons (Fsp3) is 0.214. The van der Waals surface area contributed by atoms with Gasteiger partial charge in [-0.3, -0.25) is 11.3 Å². The smallest absolute Gasteiger partial charge is 0.126 e. The van der Waals surface area contributed by atoms with Crippen LogP contribution in [-0.4, -0.2) is 11.0 Å². The first-order chi connectivity index (χ1) is 9.19. The molecule has 0 saturated heterocycles. The first-order valence-corrected chi connectivity index (χ1v) is 6.47. The van der Waals surface area contributed by atoms with Crippen LogP contribution in [0.1, 0.15) is 11.1 Å². The molecule has 5 N–H and O–H groups in total. The second kappa shape index (κ2) is 6.52. The van der Waals surface area contributed by atoms with Gasteiger partial charge in [0, 0.05) is 17.3 Å². The Bertz CT molecular complexity index is 527. The summed E-state index contributed by atoms with van der Waals surface area (Å²) in [5.41, 5.74) is 10.8. The summed E-state index contributed by atoms with van der Waals surface area (Å²) in [5, 5.41) is 0.734. The fourth-order valence-electron chi connectivity index (χ4n) is 1.98. The molecule has 0 radical (unpaired) electrons. The highest BCUT2D eigenvalue weighted by atomic mass is 35.5. The molecule has 1 heterocycles. The largest absolute Gasteiger partial charge is 0.383 e. The summed E-state index contributed by atoms with van der Waals surface area (Å²) in [6.07, 6.45) is 3.23. The van der Waals surface area contributed by atoms with Gasteiger partial charge in [0.15, 0.2) is 0 Å². The van der Waals surface area contributed by atoms with Crippen LogP contribution in [0.4, 0.5) is 5.82 Å². The van der Waals surface area contributed by atoms with Crippen molar-refractivity contribution in [2.75, 3.05) is 5.73 Å². The zero-order valence-electron chi connectivity index (χ0n) is 10.5. The summed E-state index contributed by atoms with van der Waals surface area (Å²) in [7, 11) is 0. The van der Waals surface area contributed by atoms with Crippen LogP contribution in [0.3, 0.4) is 0 Å². The van der Waals surface area contributed by atoms with Gasteiger partial charge >= 0.3 is 0 Å². The molecule has 0 amide bonds. The molecule has 0 aliphatic heterocycles. The number of rotatable bonds is 5. The fourth-order valence-corrected chi connectivity index (χ4v) is 2.11. The number of aromatic nitrogens is 1.